The highest BCUT2D eigenvalue weighted by atomic mass is 14.4. The van der Waals surface area contributed by atoms with Gasteiger partial charge in [-0.05, 0) is 67.4 Å². The van der Waals surface area contributed by atoms with E-state index in [0.717, 1.165) is 17.8 Å². The summed E-state index contributed by atoms with van der Waals surface area (Å²) in [5.41, 5.74) is 5.14. The molecule has 4 rings (SSSR count). The lowest BCUT2D eigenvalue weighted by molar-refractivity contribution is 0.291. The standard InChI is InChI=1S/C18H22/c1-3-7-15-13(5-1)9-11-18-16-8-4-2-6-14(16)10-12-17(15)18/h1,3,7,10,12-13,16,18H,2,4-6,8-9,11H2. The summed E-state index contributed by atoms with van der Waals surface area (Å²) in [6.45, 7) is 0. The minimum Gasteiger partial charge on any atom is -0.0839 e. The fraction of sp³-hybridized carbons (Fsp3) is 0.556. The van der Waals surface area contributed by atoms with E-state index in [1.807, 2.05) is 0 Å². The molecule has 2 saturated carbocycles. The number of fused-ring (bicyclic) bond motifs is 5. The van der Waals surface area contributed by atoms with E-state index in [1.165, 1.54) is 44.9 Å². The van der Waals surface area contributed by atoms with Crippen LogP contribution in [0.2, 0.25) is 0 Å². The second kappa shape index (κ2) is 4.26. The molecule has 0 saturated heterocycles. The van der Waals surface area contributed by atoms with Gasteiger partial charge < -0.3 is 0 Å². The zero-order valence-electron chi connectivity index (χ0n) is 11.1. The van der Waals surface area contributed by atoms with E-state index in [1.54, 1.807) is 16.7 Å². The van der Waals surface area contributed by atoms with Crippen molar-refractivity contribution in [3.63, 3.8) is 0 Å². The second-order valence-corrected chi connectivity index (χ2v) is 6.38. The number of allylic oxidation sites excluding steroid dienone is 8. The van der Waals surface area contributed by atoms with Crippen LogP contribution in [-0.4, -0.2) is 0 Å². The lowest BCUT2D eigenvalue weighted by Crippen LogP contribution is -2.31. The molecular weight excluding hydrogens is 216 g/mol. The van der Waals surface area contributed by atoms with Gasteiger partial charge in [-0.25, -0.2) is 0 Å². The monoisotopic (exact) mass is 238 g/mol. The molecule has 0 bridgehead atoms. The van der Waals surface area contributed by atoms with Gasteiger partial charge in [0.05, 0.1) is 0 Å². The van der Waals surface area contributed by atoms with Crippen LogP contribution in [0, 0.1) is 17.8 Å². The minimum atomic E-state index is 0.830. The van der Waals surface area contributed by atoms with E-state index in [0.29, 0.717) is 0 Å². The minimum absolute atomic E-state index is 0.830. The lowest BCUT2D eigenvalue weighted by atomic mass is 9.62. The molecule has 0 N–H and O–H groups in total. The van der Waals surface area contributed by atoms with Gasteiger partial charge in [-0.15, -0.1) is 0 Å². The first-order chi connectivity index (χ1) is 8.93. The molecule has 0 spiro atoms. The van der Waals surface area contributed by atoms with Crippen molar-refractivity contribution in [3.8, 4) is 0 Å². The third-order valence-electron chi connectivity index (χ3n) is 5.50. The van der Waals surface area contributed by atoms with Gasteiger partial charge in [-0.2, -0.15) is 0 Å². The molecule has 0 aromatic heterocycles. The van der Waals surface area contributed by atoms with Crippen molar-refractivity contribution in [2.75, 3.05) is 0 Å². The van der Waals surface area contributed by atoms with Crippen molar-refractivity contribution in [2.24, 2.45) is 17.8 Å². The van der Waals surface area contributed by atoms with E-state index in [9.17, 15) is 0 Å². The maximum absolute atomic E-state index is 2.47. The molecule has 3 unspecified atom stereocenters. The largest absolute Gasteiger partial charge is 0.0839 e. The van der Waals surface area contributed by atoms with Crippen LogP contribution in [0.4, 0.5) is 0 Å². The van der Waals surface area contributed by atoms with Crippen molar-refractivity contribution in [3.05, 3.63) is 47.1 Å². The van der Waals surface area contributed by atoms with E-state index in [4.69, 9.17) is 0 Å². The van der Waals surface area contributed by atoms with Crippen molar-refractivity contribution in [1.82, 2.24) is 0 Å². The summed E-state index contributed by atoms with van der Waals surface area (Å²) in [7, 11) is 0. The van der Waals surface area contributed by atoms with Crippen LogP contribution < -0.4 is 0 Å². The first-order valence-corrected chi connectivity index (χ1v) is 7.71. The van der Waals surface area contributed by atoms with Crippen LogP contribution in [-0.2, 0) is 0 Å². The van der Waals surface area contributed by atoms with E-state index < -0.39 is 0 Å². The second-order valence-electron chi connectivity index (χ2n) is 6.38. The Morgan fingerprint density at radius 2 is 1.83 bits per heavy atom. The van der Waals surface area contributed by atoms with Crippen molar-refractivity contribution < 1.29 is 0 Å². The van der Waals surface area contributed by atoms with Gasteiger partial charge in [0.1, 0.15) is 0 Å². The maximum Gasteiger partial charge on any atom is -0.00932 e. The van der Waals surface area contributed by atoms with Crippen LogP contribution in [0.1, 0.15) is 44.9 Å². The van der Waals surface area contributed by atoms with Gasteiger partial charge in [-0.1, -0.05) is 42.4 Å². The molecular formula is C18H22. The third kappa shape index (κ3) is 1.58. The number of rotatable bonds is 0. The van der Waals surface area contributed by atoms with Crippen LogP contribution in [0.5, 0.6) is 0 Å². The van der Waals surface area contributed by atoms with Gasteiger partial charge in [0.25, 0.3) is 0 Å². The Labute approximate surface area is 110 Å². The van der Waals surface area contributed by atoms with Gasteiger partial charge in [0.2, 0.25) is 0 Å². The highest BCUT2D eigenvalue weighted by Gasteiger charge is 2.37. The molecule has 0 aliphatic heterocycles. The van der Waals surface area contributed by atoms with Crippen LogP contribution in [0.3, 0.4) is 0 Å². The summed E-state index contributed by atoms with van der Waals surface area (Å²) >= 11 is 0. The molecule has 0 aromatic rings. The molecule has 0 heteroatoms. The van der Waals surface area contributed by atoms with Crippen LogP contribution in [0.25, 0.3) is 0 Å². The predicted octanol–water partition coefficient (Wildman–Crippen LogP) is 4.96. The first kappa shape index (κ1) is 10.8. The van der Waals surface area contributed by atoms with Crippen LogP contribution >= 0.6 is 0 Å². The Kier molecular flexibility index (Phi) is 2.57. The molecule has 0 aromatic carbocycles. The third-order valence-corrected chi connectivity index (χ3v) is 5.50. The first-order valence-electron chi connectivity index (χ1n) is 7.71. The van der Waals surface area contributed by atoms with Gasteiger partial charge >= 0.3 is 0 Å². The van der Waals surface area contributed by atoms with Gasteiger partial charge in [-0.3, -0.25) is 0 Å². The quantitative estimate of drug-likeness (QED) is 0.560. The summed E-state index contributed by atoms with van der Waals surface area (Å²) in [6.07, 6.45) is 21.8. The Balaban J connectivity index is 1.74. The van der Waals surface area contributed by atoms with E-state index >= 15 is 0 Å². The Bertz CT molecular complexity index is 472. The summed E-state index contributed by atoms with van der Waals surface area (Å²) < 4.78 is 0. The maximum atomic E-state index is 2.47. The fourth-order valence-electron chi connectivity index (χ4n) is 4.60. The molecule has 0 amide bonds. The molecule has 3 atom stereocenters. The summed E-state index contributed by atoms with van der Waals surface area (Å²) in [5, 5.41) is 0. The van der Waals surface area contributed by atoms with Gasteiger partial charge in [0.15, 0.2) is 0 Å². The normalized spacial score (nSPS) is 37.8. The van der Waals surface area contributed by atoms with Crippen molar-refractivity contribution in [1.29, 1.82) is 0 Å². The topological polar surface area (TPSA) is 0 Å². The molecule has 0 heterocycles. The zero-order valence-corrected chi connectivity index (χ0v) is 11.1. The zero-order chi connectivity index (χ0) is 11.9. The van der Waals surface area contributed by atoms with Crippen molar-refractivity contribution in [2.45, 2.75) is 44.9 Å². The molecule has 4 aliphatic carbocycles. The molecule has 0 nitrogen and oxygen atoms in total. The number of hydrogen-bond donors (Lipinski definition) is 0. The fourth-order valence-corrected chi connectivity index (χ4v) is 4.60. The smallest absolute Gasteiger partial charge is 0.00932 e. The summed E-state index contributed by atoms with van der Waals surface area (Å²) in [4.78, 5) is 0. The molecule has 94 valence electrons. The average Bonchev–Trinajstić information content (AvgIpc) is 2.46. The van der Waals surface area contributed by atoms with Crippen LogP contribution in [0.15, 0.2) is 47.1 Å². The molecule has 2 fully saturated rings. The molecule has 0 radical (unpaired) electrons. The van der Waals surface area contributed by atoms with Gasteiger partial charge in [0, 0.05) is 0 Å². The average molecular weight is 238 g/mol. The Morgan fingerprint density at radius 1 is 0.833 bits per heavy atom. The Morgan fingerprint density at radius 3 is 2.83 bits per heavy atom. The lowest BCUT2D eigenvalue weighted by Gasteiger charge is -2.43. The Hall–Kier alpha value is -1.04. The van der Waals surface area contributed by atoms with E-state index in [2.05, 4.69) is 30.4 Å². The van der Waals surface area contributed by atoms with Crippen molar-refractivity contribution >= 4 is 0 Å². The SMILES string of the molecule is C1=CCC2CCC3C(=CC=C4CCCCC43)C2=C1. The number of hydrogen-bond acceptors (Lipinski definition) is 0. The molecule has 4 aliphatic rings. The summed E-state index contributed by atoms with van der Waals surface area (Å²) in [5.74, 6) is 2.59. The predicted molar refractivity (Wildman–Crippen MR) is 76.2 cm³/mol. The highest BCUT2D eigenvalue weighted by Crippen LogP contribution is 2.50. The molecule has 18 heavy (non-hydrogen) atoms. The van der Waals surface area contributed by atoms with E-state index in [-0.39, 0.29) is 0 Å². The highest BCUT2D eigenvalue weighted by molar-refractivity contribution is 5.47. The summed E-state index contributed by atoms with van der Waals surface area (Å²) in [6, 6.07) is 0.